The number of halogens is 1. The van der Waals surface area contributed by atoms with Crippen LogP contribution in [-0.2, 0) is 22.6 Å². The molecule has 2 aromatic rings. The summed E-state index contributed by atoms with van der Waals surface area (Å²) in [7, 11) is 0. The van der Waals surface area contributed by atoms with Crippen LogP contribution in [0.2, 0.25) is 0 Å². The van der Waals surface area contributed by atoms with E-state index >= 15 is 0 Å². The molecule has 1 fully saturated rings. The molecule has 0 radical (unpaired) electrons. The molecule has 1 saturated heterocycles. The van der Waals surface area contributed by atoms with Gasteiger partial charge in [0.15, 0.2) is 0 Å². The quantitative estimate of drug-likeness (QED) is 0.740. The maximum Gasteiger partial charge on any atom is 0.224 e. The van der Waals surface area contributed by atoms with E-state index in [1.165, 1.54) is 0 Å². The van der Waals surface area contributed by atoms with Gasteiger partial charge in [-0.3, -0.25) is 9.59 Å². The number of anilines is 2. The highest BCUT2D eigenvalue weighted by molar-refractivity contribution is 5.91. The number of carbonyl (C=O) groups excluding carboxylic acids is 2. The molecule has 27 heavy (non-hydrogen) atoms. The van der Waals surface area contributed by atoms with Gasteiger partial charge >= 0.3 is 0 Å². The fraction of sp³-hybridized carbons (Fsp3) is 0.333. The summed E-state index contributed by atoms with van der Waals surface area (Å²) in [6.45, 7) is 1.41. The number of nitrogen functional groups attached to an aromatic ring is 1. The molecule has 0 unspecified atom stereocenters. The molecule has 144 valence electrons. The number of nitrogens with one attached hydrogen (secondary N) is 1. The molecule has 0 aromatic heterocycles. The average molecular weight is 388 g/mol. The molecule has 1 aliphatic rings. The summed E-state index contributed by atoms with van der Waals surface area (Å²) in [5.74, 6) is 0.172. The van der Waals surface area contributed by atoms with E-state index < -0.39 is 0 Å². The first-order chi connectivity index (χ1) is 12.6. The van der Waals surface area contributed by atoms with Gasteiger partial charge in [-0.2, -0.15) is 0 Å². The van der Waals surface area contributed by atoms with Crippen LogP contribution in [0.25, 0.3) is 0 Å². The van der Waals surface area contributed by atoms with Crippen LogP contribution in [0.5, 0.6) is 0 Å². The minimum Gasteiger partial charge on any atom is -0.399 e. The average Bonchev–Trinajstić information content (AvgIpc) is 2.63. The first kappa shape index (κ1) is 20.8. The molecule has 0 spiro atoms. The zero-order valence-electron chi connectivity index (χ0n) is 15.3. The number of para-hydroxylation sites is 1. The Hall–Kier alpha value is -2.53. The second-order valence-electron chi connectivity index (χ2n) is 6.72. The minimum absolute atomic E-state index is 0. The van der Waals surface area contributed by atoms with Crippen molar-refractivity contribution < 1.29 is 9.59 Å². The number of benzene rings is 2. The Kier molecular flexibility index (Phi) is 7.67. The van der Waals surface area contributed by atoms with Crippen molar-refractivity contribution in [2.75, 3.05) is 17.6 Å². The normalized spacial score (nSPS) is 13.8. The Morgan fingerprint density at radius 1 is 1.11 bits per heavy atom. The largest absolute Gasteiger partial charge is 0.399 e. The van der Waals surface area contributed by atoms with Crippen LogP contribution in [0.3, 0.4) is 0 Å². The second-order valence-corrected chi connectivity index (χ2v) is 6.72. The van der Waals surface area contributed by atoms with E-state index in [9.17, 15) is 9.59 Å². The van der Waals surface area contributed by atoms with Gasteiger partial charge in [-0.1, -0.05) is 30.3 Å². The first-order valence-electron chi connectivity index (χ1n) is 9.12. The van der Waals surface area contributed by atoms with Crippen molar-refractivity contribution in [3.8, 4) is 0 Å². The summed E-state index contributed by atoms with van der Waals surface area (Å²) in [4.78, 5) is 26.1. The van der Waals surface area contributed by atoms with Crippen LogP contribution >= 0.6 is 12.4 Å². The van der Waals surface area contributed by atoms with Crippen LogP contribution in [0.4, 0.5) is 11.4 Å². The van der Waals surface area contributed by atoms with E-state index in [-0.39, 0.29) is 24.2 Å². The van der Waals surface area contributed by atoms with Gasteiger partial charge in [-0.15, -0.1) is 12.4 Å². The summed E-state index contributed by atoms with van der Waals surface area (Å²) in [6.07, 6.45) is 3.67. The summed E-state index contributed by atoms with van der Waals surface area (Å²) in [5, 5.41) is 2.94. The molecule has 0 aliphatic carbocycles. The van der Waals surface area contributed by atoms with Crippen LogP contribution in [0.15, 0.2) is 48.5 Å². The van der Waals surface area contributed by atoms with E-state index in [4.69, 9.17) is 5.73 Å². The van der Waals surface area contributed by atoms with Gasteiger partial charge in [0.05, 0.1) is 0 Å². The highest BCUT2D eigenvalue weighted by Crippen LogP contribution is 2.18. The number of nitrogens with zero attached hydrogens (tertiary/aromatic N) is 1. The van der Waals surface area contributed by atoms with Crippen LogP contribution in [-0.4, -0.2) is 23.3 Å². The van der Waals surface area contributed by atoms with Crippen molar-refractivity contribution >= 4 is 35.6 Å². The van der Waals surface area contributed by atoms with Crippen molar-refractivity contribution in [3.63, 3.8) is 0 Å². The fourth-order valence-corrected chi connectivity index (χ4v) is 3.23. The number of nitrogens with two attached hydrogens (primary N) is 1. The highest BCUT2D eigenvalue weighted by atomic mass is 35.5. The molecule has 0 saturated carbocycles. The number of hydrogen-bond donors (Lipinski definition) is 2. The lowest BCUT2D eigenvalue weighted by atomic mass is 10.1. The minimum atomic E-state index is -0.0422. The first-order valence-corrected chi connectivity index (χ1v) is 9.12. The van der Waals surface area contributed by atoms with Gasteiger partial charge < -0.3 is 16.0 Å². The summed E-state index contributed by atoms with van der Waals surface area (Å²) < 4.78 is 0. The van der Waals surface area contributed by atoms with Gasteiger partial charge in [-0.05, 0) is 48.6 Å². The maximum atomic E-state index is 12.2. The Labute approximate surface area is 166 Å². The molecule has 1 heterocycles. The van der Waals surface area contributed by atoms with Crippen molar-refractivity contribution in [1.29, 1.82) is 0 Å². The zero-order valence-corrected chi connectivity index (χ0v) is 16.1. The second kappa shape index (κ2) is 9.97. The van der Waals surface area contributed by atoms with Gasteiger partial charge in [0.2, 0.25) is 11.8 Å². The summed E-state index contributed by atoms with van der Waals surface area (Å²) in [5.41, 5.74) is 9.41. The number of carbonyl (C=O) groups is 2. The highest BCUT2D eigenvalue weighted by Gasteiger charge is 2.18. The predicted molar refractivity (Wildman–Crippen MR) is 111 cm³/mol. The summed E-state index contributed by atoms with van der Waals surface area (Å²) >= 11 is 0. The maximum absolute atomic E-state index is 12.2. The predicted octanol–water partition coefficient (Wildman–Crippen LogP) is 3.77. The molecule has 2 aromatic carbocycles. The van der Waals surface area contributed by atoms with Crippen molar-refractivity contribution in [2.45, 2.75) is 38.6 Å². The number of piperidine rings is 1. The SMILES string of the molecule is Cl.Nc1ccccc1CCC(=O)Nc1cccc(CN2CCCCC2=O)c1. The molecule has 3 rings (SSSR count). The number of amides is 2. The van der Waals surface area contributed by atoms with Gasteiger partial charge in [0.25, 0.3) is 0 Å². The molecule has 1 aliphatic heterocycles. The number of rotatable bonds is 6. The Bertz CT molecular complexity index is 795. The van der Waals surface area contributed by atoms with E-state index in [1.807, 2.05) is 53.4 Å². The van der Waals surface area contributed by atoms with Crippen LogP contribution in [0.1, 0.15) is 36.8 Å². The fourth-order valence-electron chi connectivity index (χ4n) is 3.23. The molecule has 0 atom stereocenters. The number of aryl methyl sites for hydroxylation is 1. The van der Waals surface area contributed by atoms with Crippen LogP contribution in [0, 0.1) is 0 Å². The molecular weight excluding hydrogens is 362 g/mol. The monoisotopic (exact) mass is 387 g/mol. The number of hydrogen-bond acceptors (Lipinski definition) is 3. The Balaban J connectivity index is 0.00000261. The van der Waals surface area contributed by atoms with Crippen molar-refractivity contribution in [3.05, 3.63) is 59.7 Å². The third-order valence-corrected chi connectivity index (χ3v) is 4.68. The van der Waals surface area contributed by atoms with Gasteiger partial charge in [0.1, 0.15) is 0 Å². The van der Waals surface area contributed by atoms with E-state index in [2.05, 4.69) is 5.32 Å². The molecular formula is C21H26ClN3O2. The Morgan fingerprint density at radius 3 is 2.70 bits per heavy atom. The van der Waals surface area contributed by atoms with E-state index in [0.29, 0.717) is 31.5 Å². The van der Waals surface area contributed by atoms with Crippen molar-refractivity contribution in [2.24, 2.45) is 0 Å². The van der Waals surface area contributed by atoms with E-state index in [0.717, 1.165) is 36.2 Å². The van der Waals surface area contributed by atoms with E-state index in [1.54, 1.807) is 0 Å². The lowest BCUT2D eigenvalue weighted by Gasteiger charge is -2.26. The molecule has 5 nitrogen and oxygen atoms in total. The van der Waals surface area contributed by atoms with Crippen molar-refractivity contribution in [1.82, 2.24) is 4.90 Å². The molecule has 6 heteroatoms. The topological polar surface area (TPSA) is 75.4 Å². The molecule has 3 N–H and O–H groups in total. The lowest BCUT2D eigenvalue weighted by molar-refractivity contribution is -0.133. The third kappa shape index (κ3) is 6.00. The molecule has 2 amide bonds. The third-order valence-electron chi connectivity index (χ3n) is 4.68. The summed E-state index contributed by atoms with van der Waals surface area (Å²) in [6, 6.07) is 15.3. The smallest absolute Gasteiger partial charge is 0.224 e. The zero-order chi connectivity index (χ0) is 18.4. The van der Waals surface area contributed by atoms with Gasteiger partial charge in [0, 0.05) is 37.3 Å². The van der Waals surface area contributed by atoms with Gasteiger partial charge in [-0.25, -0.2) is 0 Å². The standard InChI is InChI=1S/C21H25N3O2.ClH/c22-19-9-2-1-7-17(19)11-12-20(25)23-18-8-5-6-16(14-18)15-24-13-4-3-10-21(24)26;/h1-2,5-9,14H,3-4,10-13,15,22H2,(H,23,25);1H. The molecule has 0 bridgehead atoms. The lowest BCUT2D eigenvalue weighted by Crippen LogP contribution is -2.34. The van der Waals surface area contributed by atoms with Crippen LogP contribution < -0.4 is 11.1 Å². The number of likely N-dealkylation sites (tertiary alicyclic amines) is 1. The Morgan fingerprint density at radius 2 is 1.93 bits per heavy atom.